The van der Waals surface area contributed by atoms with Crippen LogP contribution in [-0.4, -0.2) is 15.8 Å². The van der Waals surface area contributed by atoms with E-state index < -0.39 is 0 Å². The summed E-state index contributed by atoms with van der Waals surface area (Å²) in [5.41, 5.74) is 1.31. The zero-order valence-corrected chi connectivity index (χ0v) is 10.0. The Morgan fingerprint density at radius 2 is 2.31 bits per heavy atom. The van der Waals surface area contributed by atoms with Crippen LogP contribution >= 0.6 is 11.6 Å². The first-order valence-corrected chi connectivity index (χ1v) is 5.62. The Labute approximate surface area is 98.8 Å². The number of halogens is 1. The van der Waals surface area contributed by atoms with Crippen LogP contribution in [0.25, 0.3) is 11.0 Å². The molecule has 3 nitrogen and oxygen atoms in total. The summed E-state index contributed by atoms with van der Waals surface area (Å²) in [6, 6.07) is 1.70. The van der Waals surface area contributed by atoms with Gasteiger partial charge in [-0.25, -0.2) is 4.98 Å². The third-order valence-corrected chi connectivity index (χ3v) is 2.73. The number of hydrogen-bond donors (Lipinski definition) is 1. The van der Waals surface area contributed by atoms with E-state index in [1.54, 1.807) is 18.5 Å². The summed E-state index contributed by atoms with van der Waals surface area (Å²) in [6.07, 6.45) is 3.84. The van der Waals surface area contributed by atoms with Crippen molar-refractivity contribution in [2.45, 2.75) is 20.3 Å². The number of fused-ring (bicyclic) bond motifs is 1. The number of aromatic nitrogens is 2. The summed E-state index contributed by atoms with van der Waals surface area (Å²) in [5.74, 6) is 0.448. The maximum absolute atomic E-state index is 12.0. The van der Waals surface area contributed by atoms with Crippen molar-refractivity contribution in [2.24, 2.45) is 5.92 Å². The van der Waals surface area contributed by atoms with Crippen molar-refractivity contribution in [1.29, 1.82) is 0 Å². The highest BCUT2D eigenvalue weighted by Gasteiger charge is 2.15. The van der Waals surface area contributed by atoms with E-state index in [0.717, 1.165) is 5.39 Å². The normalized spacial score (nSPS) is 11.2. The van der Waals surface area contributed by atoms with E-state index in [4.69, 9.17) is 11.6 Å². The molecule has 4 heteroatoms. The lowest BCUT2D eigenvalue weighted by Gasteiger charge is -2.03. The standard InChI is InChI=1S/C12H13ClN2O/c1-7(2)5-10(16)8-6-15-12-11(8)9(13)3-4-14-12/h3-4,6-7H,5H2,1-2H3,(H,14,15). The van der Waals surface area contributed by atoms with Gasteiger partial charge in [0.1, 0.15) is 5.65 Å². The summed E-state index contributed by atoms with van der Waals surface area (Å²) in [6.45, 7) is 4.04. The molecule has 0 amide bonds. The second kappa shape index (κ2) is 4.26. The van der Waals surface area contributed by atoms with Gasteiger partial charge in [-0.3, -0.25) is 4.79 Å². The van der Waals surface area contributed by atoms with E-state index in [-0.39, 0.29) is 5.78 Å². The molecule has 0 aliphatic rings. The molecule has 0 aromatic carbocycles. The highest BCUT2D eigenvalue weighted by atomic mass is 35.5. The zero-order chi connectivity index (χ0) is 11.7. The third kappa shape index (κ3) is 1.95. The number of ketones is 1. The van der Waals surface area contributed by atoms with Crippen molar-refractivity contribution in [3.8, 4) is 0 Å². The Morgan fingerprint density at radius 3 is 3.00 bits per heavy atom. The SMILES string of the molecule is CC(C)CC(=O)c1c[nH]c2nccc(Cl)c12. The minimum atomic E-state index is 0.108. The van der Waals surface area contributed by atoms with Crippen LogP contribution < -0.4 is 0 Å². The molecule has 0 fully saturated rings. The van der Waals surface area contributed by atoms with E-state index in [0.29, 0.717) is 28.6 Å². The van der Waals surface area contributed by atoms with Gasteiger partial charge < -0.3 is 4.98 Å². The molecule has 0 spiro atoms. The molecule has 16 heavy (non-hydrogen) atoms. The second-order valence-corrected chi connectivity index (χ2v) is 4.65. The molecule has 0 aliphatic heterocycles. The first-order valence-electron chi connectivity index (χ1n) is 5.24. The van der Waals surface area contributed by atoms with E-state index >= 15 is 0 Å². The molecule has 1 N–H and O–H groups in total. The van der Waals surface area contributed by atoms with Crippen LogP contribution in [0, 0.1) is 5.92 Å². The molecule has 2 heterocycles. The van der Waals surface area contributed by atoms with Gasteiger partial charge in [-0.05, 0) is 12.0 Å². The van der Waals surface area contributed by atoms with Crippen LogP contribution in [0.1, 0.15) is 30.6 Å². The van der Waals surface area contributed by atoms with Crippen LogP contribution in [0.5, 0.6) is 0 Å². The minimum Gasteiger partial charge on any atom is -0.345 e. The highest BCUT2D eigenvalue weighted by molar-refractivity contribution is 6.36. The van der Waals surface area contributed by atoms with E-state index in [1.165, 1.54) is 0 Å². The number of pyridine rings is 1. The Morgan fingerprint density at radius 1 is 1.56 bits per heavy atom. The fourth-order valence-electron chi connectivity index (χ4n) is 1.72. The predicted octanol–water partition coefficient (Wildman–Crippen LogP) is 3.45. The van der Waals surface area contributed by atoms with Gasteiger partial charge in [-0.2, -0.15) is 0 Å². The fourth-order valence-corrected chi connectivity index (χ4v) is 1.96. The molecule has 2 aromatic heterocycles. The van der Waals surface area contributed by atoms with E-state index in [9.17, 15) is 4.79 Å². The summed E-state index contributed by atoms with van der Waals surface area (Å²) < 4.78 is 0. The number of nitrogens with one attached hydrogen (secondary N) is 1. The average Bonchev–Trinajstić information content (AvgIpc) is 2.61. The van der Waals surface area contributed by atoms with Crippen molar-refractivity contribution < 1.29 is 4.79 Å². The first-order chi connectivity index (χ1) is 7.59. The van der Waals surface area contributed by atoms with Gasteiger partial charge in [0.2, 0.25) is 0 Å². The monoisotopic (exact) mass is 236 g/mol. The van der Waals surface area contributed by atoms with Crippen LogP contribution in [0.2, 0.25) is 5.02 Å². The number of rotatable bonds is 3. The van der Waals surface area contributed by atoms with Crippen molar-refractivity contribution in [3.63, 3.8) is 0 Å². The Bertz CT molecular complexity index is 531. The van der Waals surface area contributed by atoms with Gasteiger partial charge >= 0.3 is 0 Å². The van der Waals surface area contributed by atoms with Gasteiger partial charge in [-0.15, -0.1) is 0 Å². The Hall–Kier alpha value is -1.35. The molecule has 0 saturated carbocycles. The lowest BCUT2D eigenvalue weighted by Crippen LogP contribution is -2.02. The van der Waals surface area contributed by atoms with Crippen LogP contribution in [0.15, 0.2) is 18.5 Å². The molecule has 0 bridgehead atoms. The maximum Gasteiger partial charge on any atom is 0.165 e. The van der Waals surface area contributed by atoms with E-state index in [2.05, 4.69) is 9.97 Å². The summed E-state index contributed by atoms with van der Waals surface area (Å²) in [5, 5.41) is 1.30. The van der Waals surface area contributed by atoms with Gasteiger partial charge in [-0.1, -0.05) is 25.4 Å². The number of nitrogens with zero attached hydrogens (tertiary/aromatic N) is 1. The zero-order valence-electron chi connectivity index (χ0n) is 9.25. The van der Waals surface area contributed by atoms with Crippen LogP contribution in [0.4, 0.5) is 0 Å². The molecule has 84 valence electrons. The van der Waals surface area contributed by atoms with Gasteiger partial charge in [0.15, 0.2) is 5.78 Å². The fraction of sp³-hybridized carbons (Fsp3) is 0.333. The maximum atomic E-state index is 12.0. The predicted molar refractivity (Wildman–Crippen MR) is 64.9 cm³/mol. The summed E-state index contributed by atoms with van der Waals surface area (Å²) in [4.78, 5) is 19.1. The van der Waals surface area contributed by atoms with Crippen molar-refractivity contribution in [1.82, 2.24) is 9.97 Å². The van der Waals surface area contributed by atoms with E-state index in [1.807, 2.05) is 13.8 Å². The molecule has 0 radical (unpaired) electrons. The lowest BCUT2D eigenvalue weighted by molar-refractivity contribution is 0.0969. The average molecular weight is 237 g/mol. The molecule has 0 atom stereocenters. The lowest BCUT2D eigenvalue weighted by atomic mass is 10.0. The van der Waals surface area contributed by atoms with Crippen LogP contribution in [-0.2, 0) is 0 Å². The second-order valence-electron chi connectivity index (χ2n) is 4.24. The van der Waals surface area contributed by atoms with Gasteiger partial charge in [0.25, 0.3) is 0 Å². The number of hydrogen-bond acceptors (Lipinski definition) is 2. The largest absolute Gasteiger partial charge is 0.345 e. The molecule has 2 rings (SSSR count). The van der Waals surface area contributed by atoms with Crippen molar-refractivity contribution in [2.75, 3.05) is 0 Å². The molecule has 0 unspecified atom stereocenters. The van der Waals surface area contributed by atoms with Crippen LogP contribution in [0.3, 0.4) is 0 Å². The van der Waals surface area contributed by atoms with Gasteiger partial charge in [0, 0.05) is 29.8 Å². The summed E-state index contributed by atoms with van der Waals surface area (Å²) >= 11 is 6.07. The smallest absolute Gasteiger partial charge is 0.165 e. The number of H-pyrrole nitrogens is 1. The molecular weight excluding hydrogens is 224 g/mol. The molecule has 2 aromatic rings. The third-order valence-electron chi connectivity index (χ3n) is 2.42. The quantitative estimate of drug-likeness (QED) is 0.830. The Balaban J connectivity index is 2.49. The molecule has 0 aliphatic carbocycles. The Kier molecular flexibility index (Phi) is 2.97. The molecular formula is C12H13ClN2O. The number of carbonyl (C=O) groups is 1. The highest BCUT2D eigenvalue weighted by Crippen LogP contribution is 2.26. The summed E-state index contributed by atoms with van der Waals surface area (Å²) in [7, 11) is 0. The number of aromatic amines is 1. The first kappa shape index (κ1) is 11.1. The topological polar surface area (TPSA) is 45.8 Å². The minimum absolute atomic E-state index is 0.108. The number of Topliss-reactive ketones (excluding diaryl/α,β-unsaturated/α-hetero) is 1. The van der Waals surface area contributed by atoms with Crippen molar-refractivity contribution in [3.05, 3.63) is 29.0 Å². The number of carbonyl (C=O) groups excluding carboxylic acids is 1. The van der Waals surface area contributed by atoms with Crippen molar-refractivity contribution >= 4 is 28.4 Å². The molecule has 0 saturated heterocycles. The van der Waals surface area contributed by atoms with Gasteiger partial charge in [0.05, 0.1) is 5.02 Å².